The molecule has 0 aliphatic carbocycles. The summed E-state index contributed by atoms with van der Waals surface area (Å²) in [6.45, 7) is 8.02. The van der Waals surface area contributed by atoms with Gasteiger partial charge in [0.1, 0.15) is 0 Å². The molecule has 0 atom stereocenters. The Morgan fingerprint density at radius 2 is 1.78 bits per heavy atom. The van der Waals surface area contributed by atoms with E-state index >= 15 is 0 Å². The van der Waals surface area contributed by atoms with Crippen molar-refractivity contribution in [3.8, 4) is 0 Å². The fraction of sp³-hybridized carbons (Fsp3) is 0.400. The number of nitrogens with zero attached hydrogens (tertiary/aromatic N) is 2. The van der Waals surface area contributed by atoms with Gasteiger partial charge in [0, 0.05) is 18.3 Å². The highest BCUT2D eigenvalue weighted by Gasteiger charge is 2.12. The molecule has 0 unspecified atom stereocenters. The van der Waals surface area contributed by atoms with Crippen LogP contribution in [0.25, 0.3) is 0 Å². The van der Waals surface area contributed by atoms with Crippen LogP contribution in [-0.4, -0.2) is 9.78 Å². The summed E-state index contributed by atoms with van der Waals surface area (Å²) in [5.41, 5.74) is 9.46. The van der Waals surface area contributed by atoms with E-state index in [2.05, 4.69) is 50.1 Å². The van der Waals surface area contributed by atoms with Crippen molar-refractivity contribution in [2.45, 2.75) is 39.3 Å². The monoisotopic (exact) mass is 243 g/mol. The quantitative estimate of drug-likeness (QED) is 0.900. The highest BCUT2D eigenvalue weighted by Crippen LogP contribution is 2.22. The standard InChI is InChI=1S/C15H21N3/c1-15(2,3)14-6-4-12(5-7-14)10-18-11-13(8-16)9-17-18/h4-7,9,11H,8,10,16H2,1-3H3. The molecule has 0 spiro atoms. The average Bonchev–Trinajstić information content (AvgIpc) is 2.76. The lowest BCUT2D eigenvalue weighted by Crippen LogP contribution is -2.11. The van der Waals surface area contributed by atoms with E-state index in [0.29, 0.717) is 6.54 Å². The third-order valence-electron chi connectivity index (χ3n) is 3.09. The first kappa shape index (κ1) is 12.8. The summed E-state index contributed by atoms with van der Waals surface area (Å²) in [7, 11) is 0. The zero-order valence-corrected chi connectivity index (χ0v) is 11.4. The van der Waals surface area contributed by atoms with Crippen LogP contribution in [0, 0.1) is 0 Å². The second kappa shape index (κ2) is 4.94. The van der Waals surface area contributed by atoms with E-state index in [0.717, 1.165) is 12.1 Å². The molecule has 0 bridgehead atoms. The zero-order chi connectivity index (χ0) is 13.2. The van der Waals surface area contributed by atoms with Gasteiger partial charge in [-0.1, -0.05) is 45.0 Å². The molecule has 96 valence electrons. The average molecular weight is 243 g/mol. The molecule has 0 saturated carbocycles. The molecular formula is C15H21N3. The maximum atomic E-state index is 5.57. The minimum absolute atomic E-state index is 0.205. The van der Waals surface area contributed by atoms with E-state index in [9.17, 15) is 0 Å². The third-order valence-corrected chi connectivity index (χ3v) is 3.09. The minimum Gasteiger partial charge on any atom is -0.326 e. The van der Waals surface area contributed by atoms with Gasteiger partial charge in [0.15, 0.2) is 0 Å². The number of hydrogen-bond acceptors (Lipinski definition) is 2. The summed E-state index contributed by atoms with van der Waals surface area (Å²) in [6, 6.07) is 8.74. The first-order valence-electron chi connectivity index (χ1n) is 6.30. The molecule has 2 N–H and O–H groups in total. The molecule has 1 heterocycles. The number of rotatable bonds is 3. The second-order valence-electron chi connectivity index (χ2n) is 5.70. The van der Waals surface area contributed by atoms with Gasteiger partial charge in [-0.05, 0) is 16.5 Å². The lowest BCUT2D eigenvalue weighted by molar-refractivity contribution is 0.589. The normalized spacial score (nSPS) is 11.8. The van der Waals surface area contributed by atoms with E-state index < -0.39 is 0 Å². The predicted octanol–water partition coefficient (Wildman–Crippen LogP) is 2.69. The van der Waals surface area contributed by atoms with Gasteiger partial charge in [0.25, 0.3) is 0 Å². The lowest BCUT2D eigenvalue weighted by Gasteiger charge is -2.19. The van der Waals surface area contributed by atoms with Gasteiger partial charge in [-0.15, -0.1) is 0 Å². The summed E-state index contributed by atoms with van der Waals surface area (Å²) < 4.78 is 1.92. The SMILES string of the molecule is CC(C)(C)c1ccc(Cn2cc(CN)cn2)cc1. The van der Waals surface area contributed by atoms with Crippen LogP contribution in [0.2, 0.25) is 0 Å². The first-order chi connectivity index (χ1) is 8.49. The fourth-order valence-electron chi connectivity index (χ4n) is 1.90. The van der Waals surface area contributed by atoms with Gasteiger partial charge in [-0.2, -0.15) is 5.10 Å². The maximum Gasteiger partial charge on any atom is 0.0659 e. The number of nitrogens with two attached hydrogens (primary N) is 1. The van der Waals surface area contributed by atoms with E-state index in [-0.39, 0.29) is 5.41 Å². The van der Waals surface area contributed by atoms with E-state index in [4.69, 9.17) is 5.73 Å². The van der Waals surface area contributed by atoms with Gasteiger partial charge >= 0.3 is 0 Å². The van der Waals surface area contributed by atoms with Crippen LogP contribution in [0.1, 0.15) is 37.5 Å². The molecule has 0 aliphatic rings. The number of aromatic nitrogens is 2. The zero-order valence-electron chi connectivity index (χ0n) is 11.4. The molecule has 1 aromatic carbocycles. The molecule has 3 nitrogen and oxygen atoms in total. The Morgan fingerprint density at radius 3 is 2.28 bits per heavy atom. The fourth-order valence-corrected chi connectivity index (χ4v) is 1.90. The summed E-state index contributed by atoms with van der Waals surface area (Å²) in [6.07, 6.45) is 3.82. The third kappa shape index (κ3) is 2.99. The predicted molar refractivity (Wildman–Crippen MR) is 74.4 cm³/mol. The molecule has 0 amide bonds. The van der Waals surface area contributed by atoms with E-state index in [1.807, 2.05) is 17.1 Å². The van der Waals surface area contributed by atoms with Gasteiger partial charge in [-0.25, -0.2) is 0 Å². The van der Waals surface area contributed by atoms with Crippen LogP contribution >= 0.6 is 0 Å². The second-order valence-corrected chi connectivity index (χ2v) is 5.70. The molecule has 18 heavy (non-hydrogen) atoms. The number of benzene rings is 1. The summed E-state index contributed by atoms with van der Waals surface area (Å²) in [4.78, 5) is 0. The summed E-state index contributed by atoms with van der Waals surface area (Å²) in [5.74, 6) is 0. The molecule has 0 fully saturated rings. The van der Waals surface area contributed by atoms with Crippen molar-refractivity contribution in [1.82, 2.24) is 9.78 Å². The van der Waals surface area contributed by atoms with Crippen molar-refractivity contribution in [1.29, 1.82) is 0 Å². The van der Waals surface area contributed by atoms with Crippen molar-refractivity contribution >= 4 is 0 Å². The van der Waals surface area contributed by atoms with Crippen LogP contribution in [0.15, 0.2) is 36.7 Å². The molecule has 0 radical (unpaired) electrons. The van der Waals surface area contributed by atoms with E-state index in [1.54, 1.807) is 0 Å². The van der Waals surface area contributed by atoms with Gasteiger partial charge in [-0.3, -0.25) is 4.68 Å². The van der Waals surface area contributed by atoms with Crippen molar-refractivity contribution < 1.29 is 0 Å². The molecule has 3 heteroatoms. The Morgan fingerprint density at radius 1 is 1.11 bits per heavy atom. The van der Waals surface area contributed by atoms with Crippen molar-refractivity contribution in [2.75, 3.05) is 0 Å². The molecular weight excluding hydrogens is 222 g/mol. The number of hydrogen-bond donors (Lipinski definition) is 1. The molecule has 0 aliphatic heterocycles. The van der Waals surface area contributed by atoms with Gasteiger partial charge < -0.3 is 5.73 Å². The van der Waals surface area contributed by atoms with Crippen LogP contribution in [0.4, 0.5) is 0 Å². The minimum atomic E-state index is 0.205. The van der Waals surface area contributed by atoms with Crippen molar-refractivity contribution in [3.63, 3.8) is 0 Å². The maximum absolute atomic E-state index is 5.57. The topological polar surface area (TPSA) is 43.8 Å². The van der Waals surface area contributed by atoms with Gasteiger partial charge in [0.05, 0.1) is 12.7 Å². The Balaban J connectivity index is 2.11. The Hall–Kier alpha value is -1.61. The van der Waals surface area contributed by atoms with Crippen LogP contribution < -0.4 is 5.73 Å². The summed E-state index contributed by atoms with van der Waals surface area (Å²) >= 11 is 0. The summed E-state index contributed by atoms with van der Waals surface area (Å²) in [5, 5.41) is 4.29. The van der Waals surface area contributed by atoms with E-state index in [1.165, 1.54) is 11.1 Å². The largest absolute Gasteiger partial charge is 0.326 e. The van der Waals surface area contributed by atoms with Crippen LogP contribution in [-0.2, 0) is 18.5 Å². The molecule has 2 aromatic rings. The van der Waals surface area contributed by atoms with Gasteiger partial charge in [0.2, 0.25) is 0 Å². The highest BCUT2D eigenvalue weighted by atomic mass is 15.3. The Bertz CT molecular complexity index is 503. The Kier molecular flexibility index (Phi) is 3.53. The van der Waals surface area contributed by atoms with Crippen molar-refractivity contribution in [2.24, 2.45) is 5.73 Å². The smallest absolute Gasteiger partial charge is 0.0659 e. The van der Waals surface area contributed by atoms with Crippen LogP contribution in [0.5, 0.6) is 0 Å². The van der Waals surface area contributed by atoms with Crippen LogP contribution in [0.3, 0.4) is 0 Å². The molecule has 2 rings (SSSR count). The highest BCUT2D eigenvalue weighted by molar-refractivity contribution is 5.27. The molecule has 1 aromatic heterocycles. The van der Waals surface area contributed by atoms with Crippen molar-refractivity contribution in [3.05, 3.63) is 53.3 Å². The lowest BCUT2D eigenvalue weighted by atomic mass is 9.87. The molecule has 0 saturated heterocycles. The first-order valence-corrected chi connectivity index (χ1v) is 6.30. The Labute approximate surface area is 109 Å².